The number of nitriles is 1. The summed E-state index contributed by atoms with van der Waals surface area (Å²) in [6.07, 6.45) is 1.05. The number of likely N-dealkylation sites (N-methyl/N-ethyl adjacent to an activating group) is 1. The Labute approximate surface area is 93.2 Å². The zero-order chi connectivity index (χ0) is 11.7. The summed E-state index contributed by atoms with van der Waals surface area (Å²) in [5, 5.41) is 12.1. The molecule has 0 aliphatic rings. The van der Waals surface area contributed by atoms with E-state index in [4.69, 9.17) is 10.00 Å². The van der Waals surface area contributed by atoms with Crippen LogP contribution in [0.4, 0.5) is 0 Å². The molecule has 4 heteroatoms. The van der Waals surface area contributed by atoms with Crippen LogP contribution in [-0.4, -0.2) is 50.8 Å². The second-order valence-corrected chi connectivity index (χ2v) is 3.88. The predicted octanol–water partition coefficient (Wildman–Crippen LogP) is 0.845. The van der Waals surface area contributed by atoms with Crippen LogP contribution in [0.3, 0.4) is 0 Å². The van der Waals surface area contributed by atoms with Crippen LogP contribution in [-0.2, 0) is 4.74 Å². The minimum absolute atomic E-state index is 0.0887. The number of ether oxygens (including phenoxy) is 1. The van der Waals surface area contributed by atoms with Gasteiger partial charge < -0.3 is 10.1 Å². The fourth-order valence-electron chi connectivity index (χ4n) is 1.31. The number of methoxy groups -OCH3 is 1. The van der Waals surface area contributed by atoms with Crippen molar-refractivity contribution in [3.63, 3.8) is 0 Å². The van der Waals surface area contributed by atoms with Gasteiger partial charge in [0.05, 0.1) is 12.7 Å². The second-order valence-electron chi connectivity index (χ2n) is 3.88. The summed E-state index contributed by atoms with van der Waals surface area (Å²) in [5.41, 5.74) is 0. The standard InChI is InChI=1S/C11H23N3O/c1-5-6-13-11(7-12)8-14(3)10(2)9-15-4/h10-11,13H,5-6,8-9H2,1-4H3. The molecule has 88 valence electrons. The molecule has 0 aliphatic heterocycles. The fourth-order valence-corrected chi connectivity index (χ4v) is 1.31. The van der Waals surface area contributed by atoms with Crippen LogP contribution in [0.25, 0.3) is 0 Å². The molecule has 0 aliphatic carbocycles. The predicted molar refractivity (Wildman–Crippen MR) is 61.7 cm³/mol. The van der Waals surface area contributed by atoms with Crippen molar-refractivity contribution in [2.75, 3.05) is 33.9 Å². The number of rotatable bonds is 8. The molecule has 0 saturated heterocycles. The van der Waals surface area contributed by atoms with Crippen LogP contribution in [0.1, 0.15) is 20.3 Å². The average molecular weight is 213 g/mol. The molecule has 0 spiro atoms. The zero-order valence-electron chi connectivity index (χ0n) is 10.3. The molecular weight excluding hydrogens is 190 g/mol. The summed E-state index contributed by atoms with van der Waals surface area (Å²) in [6, 6.07) is 2.52. The Morgan fingerprint density at radius 1 is 1.53 bits per heavy atom. The second kappa shape index (κ2) is 8.66. The van der Waals surface area contributed by atoms with Gasteiger partial charge in [0.2, 0.25) is 0 Å². The molecular formula is C11H23N3O. The van der Waals surface area contributed by atoms with Gasteiger partial charge in [-0.05, 0) is 26.9 Å². The summed E-state index contributed by atoms with van der Waals surface area (Å²) in [6.45, 7) is 6.52. The maximum absolute atomic E-state index is 8.94. The van der Waals surface area contributed by atoms with E-state index in [9.17, 15) is 0 Å². The van der Waals surface area contributed by atoms with Gasteiger partial charge in [-0.3, -0.25) is 4.90 Å². The molecule has 1 N–H and O–H groups in total. The molecule has 0 heterocycles. The molecule has 0 rings (SSSR count). The summed E-state index contributed by atoms with van der Waals surface area (Å²) in [5.74, 6) is 0. The topological polar surface area (TPSA) is 48.3 Å². The van der Waals surface area contributed by atoms with Gasteiger partial charge in [0.25, 0.3) is 0 Å². The minimum atomic E-state index is -0.0887. The maximum atomic E-state index is 8.94. The highest BCUT2D eigenvalue weighted by Crippen LogP contribution is 1.97. The molecule has 0 fully saturated rings. The summed E-state index contributed by atoms with van der Waals surface area (Å²) in [4.78, 5) is 2.14. The first-order chi connectivity index (χ1) is 7.15. The molecule has 0 saturated carbocycles. The Balaban J connectivity index is 3.90. The molecule has 0 aromatic carbocycles. The van der Waals surface area contributed by atoms with Crippen molar-refractivity contribution in [1.82, 2.24) is 10.2 Å². The van der Waals surface area contributed by atoms with E-state index in [0.717, 1.165) is 19.5 Å². The van der Waals surface area contributed by atoms with Crippen LogP contribution in [0.2, 0.25) is 0 Å². The van der Waals surface area contributed by atoms with E-state index in [0.29, 0.717) is 12.6 Å². The monoisotopic (exact) mass is 213 g/mol. The van der Waals surface area contributed by atoms with Gasteiger partial charge in [0.15, 0.2) is 0 Å². The van der Waals surface area contributed by atoms with Crippen LogP contribution in [0.15, 0.2) is 0 Å². The van der Waals surface area contributed by atoms with E-state index >= 15 is 0 Å². The Hall–Kier alpha value is -0.630. The van der Waals surface area contributed by atoms with E-state index < -0.39 is 0 Å². The van der Waals surface area contributed by atoms with E-state index in [2.05, 4.69) is 30.1 Å². The third kappa shape index (κ3) is 6.45. The zero-order valence-corrected chi connectivity index (χ0v) is 10.3. The van der Waals surface area contributed by atoms with Crippen molar-refractivity contribution in [3.8, 4) is 6.07 Å². The van der Waals surface area contributed by atoms with Crippen molar-refractivity contribution in [1.29, 1.82) is 5.26 Å². The summed E-state index contributed by atoms with van der Waals surface area (Å²) < 4.78 is 5.08. The van der Waals surface area contributed by atoms with Crippen LogP contribution < -0.4 is 5.32 Å². The number of hydrogen-bond donors (Lipinski definition) is 1. The molecule has 4 nitrogen and oxygen atoms in total. The Bertz CT molecular complexity index is 191. The Kier molecular flexibility index (Phi) is 8.30. The quantitative estimate of drug-likeness (QED) is 0.649. The minimum Gasteiger partial charge on any atom is -0.383 e. The molecule has 0 aromatic heterocycles. The molecule has 15 heavy (non-hydrogen) atoms. The lowest BCUT2D eigenvalue weighted by atomic mass is 10.2. The van der Waals surface area contributed by atoms with Gasteiger partial charge in [-0.15, -0.1) is 0 Å². The third-order valence-corrected chi connectivity index (χ3v) is 2.43. The number of nitrogens with zero attached hydrogens (tertiary/aromatic N) is 2. The fraction of sp³-hybridized carbons (Fsp3) is 0.909. The van der Waals surface area contributed by atoms with Gasteiger partial charge in [-0.2, -0.15) is 5.26 Å². The molecule has 0 radical (unpaired) electrons. The molecule has 2 unspecified atom stereocenters. The van der Waals surface area contributed by atoms with Gasteiger partial charge in [-0.25, -0.2) is 0 Å². The van der Waals surface area contributed by atoms with Crippen molar-refractivity contribution < 1.29 is 4.74 Å². The number of hydrogen-bond acceptors (Lipinski definition) is 4. The molecule has 0 amide bonds. The molecule has 0 bridgehead atoms. The van der Waals surface area contributed by atoms with Crippen molar-refractivity contribution in [3.05, 3.63) is 0 Å². The van der Waals surface area contributed by atoms with Crippen LogP contribution in [0, 0.1) is 11.3 Å². The number of nitrogens with one attached hydrogen (secondary N) is 1. The van der Waals surface area contributed by atoms with Crippen LogP contribution >= 0.6 is 0 Å². The van der Waals surface area contributed by atoms with Crippen LogP contribution in [0.5, 0.6) is 0 Å². The van der Waals surface area contributed by atoms with Gasteiger partial charge in [-0.1, -0.05) is 6.92 Å². The van der Waals surface area contributed by atoms with Gasteiger partial charge in [0, 0.05) is 19.7 Å². The van der Waals surface area contributed by atoms with Gasteiger partial charge >= 0.3 is 0 Å². The van der Waals surface area contributed by atoms with Crippen molar-refractivity contribution in [2.24, 2.45) is 0 Å². The first kappa shape index (κ1) is 14.4. The van der Waals surface area contributed by atoms with Gasteiger partial charge in [0.1, 0.15) is 6.04 Å². The van der Waals surface area contributed by atoms with E-state index in [1.165, 1.54) is 0 Å². The highest BCUT2D eigenvalue weighted by Gasteiger charge is 2.14. The first-order valence-electron chi connectivity index (χ1n) is 5.47. The van der Waals surface area contributed by atoms with E-state index in [-0.39, 0.29) is 6.04 Å². The molecule has 2 atom stereocenters. The Morgan fingerprint density at radius 2 is 2.20 bits per heavy atom. The first-order valence-corrected chi connectivity index (χ1v) is 5.47. The molecule has 0 aromatic rings. The third-order valence-electron chi connectivity index (χ3n) is 2.43. The van der Waals surface area contributed by atoms with E-state index in [1.807, 2.05) is 7.05 Å². The largest absolute Gasteiger partial charge is 0.383 e. The Morgan fingerprint density at radius 3 is 2.67 bits per heavy atom. The highest BCUT2D eigenvalue weighted by molar-refractivity contribution is 4.92. The van der Waals surface area contributed by atoms with Crippen molar-refractivity contribution in [2.45, 2.75) is 32.4 Å². The van der Waals surface area contributed by atoms with E-state index in [1.54, 1.807) is 7.11 Å². The SMILES string of the molecule is CCCNC(C#N)CN(C)C(C)COC. The maximum Gasteiger partial charge on any atom is 0.108 e. The lowest BCUT2D eigenvalue weighted by Crippen LogP contribution is -2.43. The highest BCUT2D eigenvalue weighted by atomic mass is 16.5. The summed E-state index contributed by atoms with van der Waals surface area (Å²) in [7, 11) is 3.71. The summed E-state index contributed by atoms with van der Waals surface area (Å²) >= 11 is 0. The average Bonchev–Trinajstić information content (AvgIpc) is 2.24. The lowest BCUT2D eigenvalue weighted by molar-refractivity contribution is 0.113. The van der Waals surface area contributed by atoms with Crippen molar-refractivity contribution >= 4 is 0 Å². The smallest absolute Gasteiger partial charge is 0.108 e. The normalized spacial score (nSPS) is 14.9. The lowest BCUT2D eigenvalue weighted by Gasteiger charge is -2.26.